The summed E-state index contributed by atoms with van der Waals surface area (Å²) < 4.78 is 8.72. The smallest absolute Gasteiger partial charge is 0.120 e. The second kappa shape index (κ2) is 6.01. The Morgan fingerprint density at radius 1 is 1.30 bits per heavy atom. The van der Waals surface area contributed by atoms with E-state index >= 15 is 0 Å². The number of methoxy groups -OCH3 is 1. The first-order valence-electron chi connectivity index (χ1n) is 6.57. The monoisotopic (exact) mass is 284 g/mol. The van der Waals surface area contributed by atoms with Crippen molar-refractivity contribution in [3.63, 3.8) is 0 Å². The Balaban J connectivity index is 1.84. The highest BCUT2D eigenvalue weighted by Gasteiger charge is 2.05. The normalized spacial score (nSPS) is 13.3. The molecule has 1 aliphatic rings. The van der Waals surface area contributed by atoms with E-state index in [1.165, 1.54) is 16.1 Å². The van der Waals surface area contributed by atoms with Gasteiger partial charge in [-0.15, -0.1) is 0 Å². The molecule has 0 unspecified atom stereocenters. The Morgan fingerprint density at radius 2 is 2.25 bits per heavy atom. The predicted octanol–water partition coefficient (Wildman–Crippen LogP) is 2.07. The minimum absolute atomic E-state index is 0.878. The maximum atomic E-state index is 5.24. The van der Waals surface area contributed by atoms with Crippen molar-refractivity contribution >= 4 is 23.7 Å². The maximum absolute atomic E-state index is 5.24. The van der Waals surface area contributed by atoms with Crippen LogP contribution in [-0.4, -0.2) is 12.1 Å². The van der Waals surface area contributed by atoms with Crippen LogP contribution in [0.15, 0.2) is 47.6 Å². The molecule has 0 bridgehead atoms. The van der Waals surface area contributed by atoms with Crippen molar-refractivity contribution in [1.29, 1.82) is 0 Å². The summed E-state index contributed by atoms with van der Waals surface area (Å²) in [5.74, 6) is 0.878. The summed E-state index contributed by atoms with van der Waals surface area (Å²) in [5.41, 5.74) is 1.26. The molecule has 0 saturated carbocycles. The van der Waals surface area contributed by atoms with Gasteiger partial charge in [0.1, 0.15) is 5.75 Å². The van der Waals surface area contributed by atoms with Gasteiger partial charge in [0.2, 0.25) is 0 Å². The van der Waals surface area contributed by atoms with Crippen LogP contribution >= 0.6 is 11.9 Å². The summed E-state index contributed by atoms with van der Waals surface area (Å²) in [6.07, 6.45) is 8.10. The highest BCUT2D eigenvalue weighted by Crippen LogP contribution is 2.22. The quantitative estimate of drug-likeness (QED) is 0.872. The first-order chi connectivity index (χ1) is 9.86. The van der Waals surface area contributed by atoms with Gasteiger partial charge in [-0.25, -0.2) is 0 Å². The van der Waals surface area contributed by atoms with E-state index in [4.69, 9.17) is 4.74 Å². The Bertz CT molecular complexity index is 727. The van der Waals surface area contributed by atoms with Gasteiger partial charge in [0, 0.05) is 28.2 Å². The largest absolute Gasteiger partial charge is 0.497 e. The number of nitrogens with zero attached hydrogens (tertiary/aromatic N) is 1. The van der Waals surface area contributed by atoms with Crippen LogP contribution in [0.1, 0.15) is 12.8 Å². The number of ether oxygens (including phenoxy) is 1. The molecule has 1 N–H and O–H groups in total. The van der Waals surface area contributed by atoms with Gasteiger partial charge in [-0.2, -0.15) is 0 Å². The van der Waals surface area contributed by atoms with Crippen LogP contribution in [0.5, 0.6) is 5.75 Å². The van der Waals surface area contributed by atoms with E-state index in [0.717, 1.165) is 23.5 Å². The molecule has 0 radical (unpaired) electrons. The average Bonchev–Trinajstić information content (AvgIpc) is 2.53. The molecular weight excluding hydrogens is 268 g/mol. The van der Waals surface area contributed by atoms with E-state index in [2.05, 4.69) is 27.9 Å². The van der Waals surface area contributed by atoms with Gasteiger partial charge in [-0.3, -0.25) is 4.98 Å². The number of pyridine rings is 1. The Labute approximate surface area is 122 Å². The van der Waals surface area contributed by atoms with Crippen molar-refractivity contribution in [1.82, 2.24) is 9.71 Å². The van der Waals surface area contributed by atoms with Crippen LogP contribution in [0, 0.1) is 0 Å². The van der Waals surface area contributed by atoms with E-state index in [-0.39, 0.29) is 0 Å². The zero-order valence-electron chi connectivity index (χ0n) is 11.3. The molecule has 1 aliphatic carbocycles. The number of aromatic nitrogens is 1. The lowest BCUT2D eigenvalue weighted by Crippen LogP contribution is -2.32. The molecule has 2 aromatic rings. The lowest BCUT2D eigenvalue weighted by molar-refractivity contribution is 0.413. The first kappa shape index (κ1) is 13.1. The Kier molecular flexibility index (Phi) is 3.92. The molecular formula is C16H16N2OS. The van der Waals surface area contributed by atoms with Crippen LogP contribution in [0.25, 0.3) is 11.8 Å². The van der Waals surface area contributed by atoms with Gasteiger partial charge in [-0.05, 0) is 54.3 Å². The molecule has 1 aromatic heterocycles. The Morgan fingerprint density at radius 3 is 3.15 bits per heavy atom. The molecule has 4 heteroatoms. The van der Waals surface area contributed by atoms with Gasteiger partial charge < -0.3 is 9.46 Å². The van der Waals surface area contributed by atoms with Gasteiger partial charge >= 0.3 is 0 Å². The highest BCUT2D eigenvalue weighted by atomic mass is 32.2. The second-order valence-corrected chi connectivity index (χ2v) is 5.45. The van der Waals surface area contributed by atoms with Crippen LogP contribution < -0.4 is 19.9 Å². The number of hydrogen-bond acceptors (Lipinski definition) is 4. The lowest BCUT2D eigenvalue weighted by Gasteiger charge is -2.13. The first-order valence-corrected chi connectivity index (χ1v) is 7.39. The van der Waals surface area contributed by atoms with E-state index < -0.39 is 0 Å². The van der Waals surface area contributed by atoms with Crippen LogP contribution in [0.2, 0.25) is 0 Å². The average molecular weight is 284 g/mol. The molecule has 3 rings (SSSR count). The molecule has 0 saturated heterocycles. The minimum Gasteiger partial charge on any atom is -0.497 e. The van der Waals surface area contributed by atoms with Gasteiger partial charge in [0.25, 0.3) is 0 Å². The van der Waals surface area contributed by atoms with E-state index in [0.29, 0.717) is 0 Å². The van der Waals surface area contributed by atoms with Crippen LogP contribution in [0.3, 0.4) is 0 Å². The number of rotatable bonds is 4. The third-order valence-corrected chi connectivity index (χ3v) is 4.11. The molecule has 0 amide bonds. The second-order valence-electron chi connectivity index (χ2n) is 4.57. The molecule has 0 spiro atoms. The van der Waals surface area contributed by atoms with Crippen molar-refractivity contribution in [3.05, 3.63) is 53.2 Å². The number of nitrogens with one attached hydrogen (secondary N) is 1. The van der Waals surface area contributed by atoms with Crippen LogP contribution in [-0.2, 0) is 0 Å². The zero-order chi connectivity index (χ0) is 13.8. The van der Waals surface area contributed by atoms with E-state index in [1.54, 1.807) is 19.1 Å². The fourth-order valence-electron chi connectivity index (χ4n) is 2.24. The molecule has 0 atom stereocenters. The summed E-state index contributed by atoms with van der Waals surface area (Å²) >= 11 is 1.62. The minimum atomic E-state index is 0.878. The van der Waals surface area contributed by atoms with Crippen LogP contribution in [0.4, 0.5) is 0 Å². The molecule has 102 valence electrons. The van der Waals surface area contributed by atoms with Gasteiger partial charge in [0.05, 0.1) is 7.11 Å². The van der Waals surface area contributed by atoms with Crippen molar-refractivity contribution < 1.29 is 4.74 Å². The summed E-state index contributed by atoms with van der Waals surface area (Å²) in [5, 5.41) is 2.47. The standard InChI is InChI=1S/C16H16N2OS/c1-19-13-5-3-6-14(10-13)20-18-16-7-2-4-12-11-17-9-8-15(12)16/h3-6,8-11,18H,2,7H2,1H3. The molecule has 20 heavy (non-hydrogen) atoms. The number of hydrogen-bond donors (Lipinski definition) is 1. The fourth-order valence-corrected chi connectivity index (χ4v) is 3.02. The SMILES string of the molecule is COc1cccc(SNC2=c3ccncc3=CCC2)c1. The third-order valence-electron chi connectivity index (χ3n) is 3.27. The van der Waals surface area contributed by atoms with Crippen molar-refractivity contribution in [2.75, 3.05) is 7.11 Å². The van der Waals surface area contributed by atoms with Crippen molar-refractivity contribution in [2.24, 2.45) is 0 Å². The topological polar surface area (TPSA) is 34.1 Å². The fraction of sp³-hybridized carbons (Fsp3) is 0.188. The number of fused-ring (bicyclic) bond motifs is 1. The predicted molar refractivity (Wildman–Crippen MR) is 82.6 cm³/mol. The molecule has 1 heterocycles. The van der Waals surface area contributed by atoms with Crippen molar-refractivity contribution in [2.45, 2.75) is 17.7 Å². The highest BCUT2D eigenvalue weighted by molar-refractivity contribution is 7.97. The third kappa shape index (κ3) is 2.80. The summed E-state index contributed by atoms with van der Waals surface area (Å²) in [4.78, 5) is 5.32. The molecule has 1 aromatic carbocycles. The maximum Gasteiger partial charge on any atom is 0.120 e. The molecule has 0 fully saturated rings. The summed E-state index contributed by atoms with van der Waals surface area (Å²) in [7, 11) is 1.69. The summed E-state index contributed by atoms with van der Waals surface area (Å²) in [6, 6.07) is 10.1. The molecule has 3 nitrogen and oxygen atoms in total. The summed E-state index contributed by atoms with van der Waals surface area (Å²) in [6.45, 7) is 0. The van der Waals surface area contributed by atoms with Gasteiger partial charge in [0.15, 0.2) is 0 Å². The van der Waals surface area contributed by atoms with E-state index in [9.17, 15) is 0 Å². The number of benzene rings is 1. The Hall–Kier alpha value is -1.94. The van der Waals surface area contributed by atoms with Gasteiger partial charge in [-0.1, -0.05) is 12.1 Å². The zero-order valence-corrected chi connectivity index (χ0v) is 12.1. The van der Waals surface area contributed by atoms with Crippen molar-refractivity contribution in [3.8, 4) is 5.75 Å². The molecule has 0 aliphatic heterocycles. The van der Waals surface area contributed by atoms with E-state index in [1.807, 2.05) is 30.6 Å². The lowest BCUT2D eigenvalue weighted by atomic mass is 10.1.